The number of nitrogens with one attached hydrogen (secondary N) is 2. The minimum atomic E-state index is -0.480. The molecule has 0 spiro atoms. The van der Waals surface area contributed by atoms with Crippen molar-refractivity contribution in [1.29, 1.82) is 0 Å². The Hall–Kier alpha value is -4.46. The summed E-state index contributed by atoms with van der Waals surface area (Å²) in [6.45, 7) is 2.46. The van der Waals surface area contributed by atoms with Crippen molar-refractivity contribution in [3.63, 3.8) is 0 Å². The van der Waals surface area contributed by atoms with E-state index in [2.05, 4.69) is 20.6 Å². The summed E-state index contributed by atoms with van der Waals surface area (Å²) in [6.07, 6.45) is 1.30. The van der Waals surface area contributed by atoms with Gasteiger partial charge < -0.3 is 15.4 Å². The summed E-state index contributed by atoms with van der Waals surface area (Å²) < 4.78 is 5.45. The molecule has 0 aliphatic heterocycles. The molecule has 166 valence electrons. The van der Waals surface area contributed by atoms with E-state index in [4.69, 9.17) is 4.74 Å². The molecule has 0 unspecified atom stereocenters. The molecule has 0 saturated heterocycles. The molecule has 4 aromatic rings. The summed E-state index contributed by atoms with van der Waals surface area (Å²) in [5.41, 5.74) is 2.33. The third-order valence-electron chi connectivity index (χ3n) is 4.98. The van der Waals surface area contributed by atoms with Crippen LogP contribution in [-0.4, -0.2) is 21.5 Å². The van der Waals surface area contributed by atoms with Gasteiger partial charge in [-0.15, -0.1) is 0 Å². The van der Waals surface area contributed by atoms with Gasteiger partial charge in [0.25, 0.3) is 0 Å². The van der Waals surface area contributed by atoms with Gasteiger partial charge in [0, 0.05) is 5.69 Å². The van der Waals surface area contributed by atoms with Crippen LogP contribution in [-0.2, 0) is 0 Å². The highest BCUT2D eigenvalue weighted by molar-refractivity contribution is 5.74. The molecule has 8 nitrogen and oxygen atoms in total. The molecule has 0 fully saturated rings. The highest BCUT2D eigenvalue weighted by Gasteiger charge is 2.26. The minimum Gasteiger partial charge on any atom is -0.494 e. The van der Waals surface area contributed by atoms with Crippen molar-refractivity contribution in [1.82, 2.24) is 9.97 Å². The molecule has 33 heavy (non-hydrogen) atoms. The average Bonchev–Trinajstić information content (AvgIpc) is 2.85. The van der Waals surface area contributed by atoms with Crippen LogP contribution in [0.4, 0.5) is 23.0 Å². The summed E-state index contributed by atoms with van der Waals surface area (Å²) >= 11 is 0. The van der Waals surface area contributed by atoms with Crippen molar-refractivity contribution in [2.45, 2.75) is 13.0 Å². The fourth-order valence-electron chi connectivity index (χ4n) is 3.47. The van der Waals surface area contributed by atoms with Crippen LogP contribution in [0, 0.1) is 10.1 Å². The number of nitrogens with zero attached hydrogens (tertiary/aromatic N) is 3. The van der Waals surface area contributed by atoms with Crippen LogP contribution in [0.5, 0.6) is 5.75 Å². The van der Waals surface area contributed by atoms with Crippen LogP contribution in [0.3, 0.4) is 0 Å². The predicted molar refractivity (Wildman–Crippen MR) is 128 cm³/mol. The van der Waals surface area contributed by atoms with Crippen LogP contribution < -0.4 is 15.4 Å². The Morgan fingerprint density at radius 3 is 2.00 bits per heavy atom. The number of benzene rings is 3. The predicted octanol–water partition coefficient (Wildman–Crippen LogP) is 5.73. The first-order chi connectivity index (χ1) is 16.2. The molecule has 4 rings (SSSR count). The van der Waals surface area contributed by atoms with Gasteiger partial charge in [-0.3, -0.25) is 10.1 Å². The summed E-state index contributed by atoms with van der Waals surface area (Å²) in [6, 6.07) is 26.3. The summed E-state index contributed by atoms with van der Waals surface area (Å²) in [5, 5.41) is 18.3. The Labute approximate surface area is 191 Å². The molecule has 2 N–H and O–H groups in total. The first-order valence-electron chi connectivity index (χ1n) is 10.5. The third-order valence-corrected chi connectivity index (χ3v) is 4.98. The van der Waals surface area contributed by atoms with E-state index in [9.17, 15) is 10.1 Å². The molecule has 0 saturated carbocycles. The molecule has 8 heteroatoms. The second-order valence-electron chi connectivity index (χ2n) is 7.16. The monoisotopic (exact) mass is 441 g/mol. The highest BCUT2D eigenvalue weighted by Crippen LogP contribution is 2.35. The zero-order valence-electron chi connectivity index (χ0n) is 18.0. The fourth-order valence-corrected chi connectivity index (χ4v) is 3.47. The van der Waals surface area contributed by atoms with Crippen molar-refractivity contribution < 1.29 is 9.66 Å². The third kappa shape index (κ3) is 5.24. The van der Waals surface area contributed by atoms with Gasteiger partial charge in [0.15, 0.2) is 0 Å². The molecular weight excluding hydrogens is 418 g/mol. The van der Waals surface area contributed by atoms with Gasteiger partial charge in [-0.1, -0.05) is 60.7 Å². The lowest BCUT2D eigenvalue weighted by molar-refractivity contribution is -0.383. The molecule has 0 radical (unpaired) electrons. The molecule has 3 aromatic carbocycles. The lowest BCUT2D eigenvalue weighted by Crippen LogP contribution is -2.15. The number of hydrogen-bond acceptors (Lipinski definition) is 7. The Morgan fingerprint density at radius 1 is 0.879 bits per heavy atom. The molecule has 0 atom stereocenters. The molecular formula is C25H23N5O3. The van der Waals surface area contributed by atoms with Gasteiger partial charge in [-0.25, -0.2) is 9.97 Å². The van der Waals surface area contributed by atoms with E-state index in [0.29, 0.717) is 12.3 Å². The molecule has 1 aromatic heterocycles. The first kappa shape index (κ1) is 21.8. The maximum Gasteiger partial charge on any atom is 0.353 e. The van der Waals surface area contributed by atoms with Crippen molar-refractivity contribution in [3.05, 3.63) is 112 Å². The largest absolute Gasteiger partial charge is 0.494 e. The van der Waals surface area contributed by atoms with Gasteiger partial charge >= 0.3 is 5.69 Å². The van der Waals surface area contributed by atoms with Gasteiger partial charge in [-0.2, -0.15) is 0 Å². The number of nitro groups is 1. The number of hydrogen-bond donors (Lipinski definition) is 2. The maximum atomic E-state index is 12.1. The SMILES string of the molecule is CCOc1ccc(Nc2ncnc(NC(c3ccccc3)c3ccccc3)c2[N+](=O)[O-])cc1. The molecule has 0 bridgehead atoms. The normalized spacial score (nSPS) is 10.6. The lowest BCUT2D eigenvalue weighted by atomic mass is 9.99. The number of ether oxygens (including phenoxy) is 1. The van der Waals surface area contributed by atoms with Crippen LogP contribution >= 0.6 is 0 Å². The highest BCUT2D eigenvalue weighted by atomic mass is 16.6. The molecule has 1 heterocycles. The van der Waals surface area contributed by atoms with E-state index in [1.165, 1.54) is 6.33 Å². The second kappa shape index (κ2) is 10.2. The lowest BCUT2D eigenvalue weighted by Gasteiger charge is -2.20. The van der Waals surface area contributed by atoms with Gasteiger partial charge in [-0.05, 0) is 42.3 Å². The summed E-state index contributed by atoms with van der Waals surface area (Å²) in [5.74, 6) is 0.943. The van der Waals surface area contributed by atoms with E-state index in [1.807, 2.05) is 67.6 Å². The van der Waals surface area contributed by atoms with Crippen molar-refractivity contribution >= 4 is 23.0 Å². The zero-order chi connectivity index (χ0) is 23.0. The topological polar surface area (TPSA) is 102 Å². The van der Waals surface area contributed by atoms with Crippen molar-refractivity contribution in [3.8, 4) is 5.75 Å². The smallest absolute Gasteiger partial charge is 0.353 e. The van der Waals surface area contributed by atoms with Crippen LogP contribution in [0.15, 0.2) is 91.3 Å². The van der Waals surface area contributed by atoms with E-state index in [-0.39, 0.29) is 23.4 Å². The van der Waals surface area contributed by atoms with E-state index >= 15 is 0 Å². The second-order valence-corrected chi connectivity index (χ2v) is 7.16. The summed E-state index contributed by atoms with van der Waals surface area (Å²) in [4.78, 5) is 19.9. The molecule has 0 amide bonds. The standard InChI is InChI=1S/C25H23N5O3/c1-2-33-21-15-13-20(14-16-21)28-24-23(30(31)32)25(27-17-26-24)29-22(18-9-5-3-6-10-18)19-11-7-4-8-12-19/h3-17,22H,2H2,1H3,(H2,26,27,28,29). The fraction of sp³-hybridized carbons (Fsp3) is 0.120. The Kier molecular flexibility index (Phi) is 6.75. The van der Waals surface area contributed by atoms with Gasteiger partial charge in [0.05, 0.1) is 17.6 Å². The summed E-state index contributed by atoms with van der Waals surface area (Å²) in [7, 11) is 0. The zero-order valence-corrected chi connectivity index (χ0v) is 18.0. The van der Waals surface area contributed by atoms with E-state index in [1.54, 1.807) is 24.3 Å². The van der Waals surface area contributed by atoms with Gasteiger partial charge in [0.2, 0.25) is 11.6 Å². The van der Waals surface area contributed by atoms with Crippen molar-refractivity contribution in [2.24, 2.45) is 0 Å². The molecule has 0 aliphatic rings. The van der Waals surface area contributed by atoms with Crippen molar-refractivity contribution in [2.75, 3.05) is 17.2 Å². The van der Waals surface area contributed by atoms with E-state index in [0.717, 1.165) is 16.9 Å². The van der Waals surface area contributed by atoms with Crippen LogP contribution in [0.2, 0.25) is 0 Å². The van der Waals surface area contributed by atoms with Gasteiger partial charge in [0.1, 0.15) is 12.1 Å². The van der Waals surface area contributed by atoms with Crippen LogP contribution in [0.25, 0.3) is 0 Å². The Balaban J connectivity index is 1.69. The average molecular weight is 441 g/mol. The number of anilines is 3. The quantitative estimate of drug-likeness (QED) is 0.253. The van der Waals surface area contributed by atoms with E-state index < -0.39 is 4.92 Å². The maximum absolute atomic E-state index is 12.1. The van der Waals surface area contributed by atoms with Crippen LogP contribution in [0.1, 0.15) is 24.1 Å². The first-order valence-corrected chi connectivity index (χ1v) is 10.5. The number of aromatic nitrogens is 2. The minimum absolute atomic E-state index is 0.0986. The number of rotatable bonds is 9. The Morgan fingerprint density at radius 2 is 1.45 bits per heavy atom. The molecule has 0 aliphatic carbocycles. The Bertz CT molecular complexity index is 1160.